The first-order chi connectivity index (χ1) is 11.4. The van der Waals surface area contributed by atoms with Crippen LogP contribution in [0.25, 0.3) is 11.0 Å². The molecule has 1 heterocycles. The number of primary amides is 1. The molecule has 3 rings (SSSR count). The fraction of sp³-hybridized carbons (Fsp3) is 0.111. The number of hydrogen-bond acceptors (Lipinski definition) is 4. The van der Waals surface area contributed by atoms with Crippen molar-refractivity contribution in [3.8, 4) is 0 Å². The van der Waals surface area contributed by atoms with Gasteiger partial charge in [0.25, 0.3) is 0 Å². The molecular weight excluding hydrogens is 328 g/mol. The number of fused-ring (bicyclic) bond motifs is 1. The normalized spacial score (nSPS) is 12.2. The average Bonchev–Trinajstić information content (AvgIpc) is 2.97. The Hall–Kier alpha value is -2.63. The minimum Gasteiger partial charge on any atom is -0.453 e. The van der Waals surface area contributed by atoms with E-state index in [9.17, 15) is 9.59 Å². The van der Waals surface area contributed by atoms with Crippen LogP contribution in [0.5, 0.6) is 0 Å². The van der Waals surface area contributed by atoms with E-state index in [0.29, 0.717) is 16.2 Å². The number of ketones is 1. The number of amides is 1. The lowest BCUT2D eigenvalue weighted by Gasteiger charge is -2.09. The van der Waals surface area contributed by atoms with Crippen molar-refractivity contribution in [2.45, 2.75) is 12.5 Å². The molecule has 1 unspecified atom stereocenters. The fourth-order valence-electron chi connectivity index (χ4n) is 2.48. The zero-order chi connectivity index (χ0) is 17.3. The van der Waals surface area contributed by atoms with Gasteiger partial charge in [-0.2, -0.15) is 0 Å². The molecule has 0 bridgehead atoms. The van der Waals surface area contributed by atoms with Gasteiger partial charge in [0, 0.05) is 28.4 Å². The van der Waals surface area contributed by atoms with E-state index in [-0.39, 0.29) is 18.0 Å². The highest BCUT2D eigenvalue weighted by Crippen LogP contribution is 2.25. The quantitative estimate of drug-likeness (QED) is 0.695. The molecule has 0 aliphatic rings. The Bertz CT molecular complexity index is 916. The van der Waals surface area contributed by atoms with E-state index in [4.69, 9.17) is 27.5 Å². The summed E-state index contributed by atoms with van der Waals surface area (Å²) in [7, 11) is 0. The molecule has 4 N–H and O–H groups in total. The Kier molecular flexibility index (Phi) is 4.38. The van der Waals surface area contributed by atoms with Gasteiger partial charge in [0.2, 0.25) is 11.7 Å². The van der Waals surface area contributed by atoms with Crippen molar-refractivity contribution in [1.29, 1.82) is 0 Å². The Morgan fingerprint density at radius 3 is 2.46 bits per heavy atom. The van der Waals surface area contributed by atoms with Gasteiger partial charge in [-0.1, -0.05) is 17.7 Å². The zero-order valence-corrected chi connectivity index (χ0v) is 13.4. The summed E-state index contributed by atoms with van der Waals surface area (Å²) in [5, 5.41) is 1.30. The van der Waals surface area contributed by atoms with E-state index in [0.717, 1.165) is 10.9 Å². The average molecular weight is 343 g/mol. The largest absolute Gasteiger partial charge is 0.453 e. The van der Waals surface area contributed by atoms with Crippen LogP contribution in [0.1, 0.15) is 34.1 Å². The monoisotopic (exact) mass is 342 g/mol. The van der Waals surface area contributed by atoms with Crippen LogP contribution in [0, 0.1) is 0 Å². The first-order valence-electron chi connectivity index (χ1n) is 7.31. The summed E-state index contributed by atoms with van der Waals surface area (Å²) in [6.45, 7) is 0. The lowest BCUT2D eigenvalue weighted by Crippen LogP contribution is -2.20. The highest BCUT2D eigenvalue weighted by Gasteiger charge is 2.16. The maximum atomic E-state index is 12.5. The molecule has 1 aromatic heterocycles. The van der Waals surface area contributed by atoms with Gasteiger partial charge in [0.1, 0.15) is 5.58 Å². The van der Waals surface area contributed by atoms with Gasteiger partial charge in [-0.3, -0.25) is 9.59 Å². The molecule has 0 aliphatic heterocycles. The number of hydrogen-bond donors (Lipinski definition) is 2. The number of benzene rings is 2. The van der Waals surface area contributed by atoms with E-state index in [1.54, 1.807) is 48.5 Å². The van der Waals surface area contributed by atoms with Gasteiger partial charge in [-0.15, -0.1) is 0 Å². The third-order valence-corrected chi connectivity index (χ3v) is 3.97. The smallest absolute Gasteiger partial charge is 0.228 e. The molecule has 5 nitrogen and oxygen atoms in total. The summed E-state index contributed by atoms with van der Waals surface area (Å²) < 4.78 is 5.62. The number of furan rings is 1. The molecule has 2 aromatic carbocycles. The number of halogens is 1. The molecule has 6 heteroatoms. The van der Waals surface area contributed by atoms with Crippen molar-refractivity contribution in [2.24, 2.45) is 11.5 Å². The highest BCUT2D eigenvalue weighted by molar-refractivity contribution is 6.30. The van der Waals surface area contributed by atoms with Gasteiger partial charge in [-0.05, 0) is 48.0 Å². The minimum absolute atomic E-state index is 0.0555. The molecule has 3 aromatic rings. The Morgan fingerprint density at radius 1 is 1.08 bits per heavy atom. The van der Waals surface area contributed by atoms with Gasteiger partial charge in [-0.25, -0.2) is 0 Å². The molecule has 1 atom stereocenters. The first-order valence-corrected chi connectivity index (χ1v) is 7.69. The van der Waals surface area contributed by atoms with Crippen LogP contribution in [0.15, 0.2) is 52.9 Å². The van der Waals surface area contributed by atoms with Crippen LogP contribution in [0.2, 0.25) is 5.02 Å². The lowest BCUT2D eigenvalue weighted by atomic mass is 10.0. The molecule has 122 valence electrons. The van der Waals surface area contributed by atoms with E-state index >= 15 is 0 Å². The second-order valence-corrected chi connectivity index (χ2v) is 5.96. The third kappa shape index (κ3) is 3.32. The standard InChI is InChI=1S/C18H15ClN2O3/c19-13-4-1-10(2-5-13)18(23)16-8-12-7-11(3-6-15(12)24-16)14(20)9-17(21)22/h1-8,14H,9,20H2,(H2,21,22). The first kappa shape index (κ1) is 16.2. The summed E-state index contributed by atoms with van der Waals surface area (Å²) in [6.07, 6.45) is 0.0555. The second kappa shape index (κ2) is 6.47. The number of rotatable bonds is 5. The maximum Gasteiger partial charge on any atom is 0.228 e. The van der Waals surface area contributed by atoms with Crippen LogP contribution in [0.3, 0.4) is 0 Å². The molecule has 1 amide bonds. The molecule has 0 aliphatic carbocycles. The summed E-state index contributed by atoms with van der Waals surface area (Å²) >= 11 is 5.83. The van der Waals surface area contributed by atoms with Gasteiger partial charge in [0.15, 0.2) is 5.76 Å². The fourth-order valence-corrected chi connectivity index (χ4v) is 2.61. The summed E-state index contributed by atoms with van der Waals surface area (Å²) in [5.74, 6) is -0.466. The summed E-state index contributed by atoms with van der Waals surface area (Å²) in [4.78, 5) is 23.5. The van der Waals surface area contributed by atoms with Gasteiger partial charge >= 0.3 is 0 Å². The summed E-state index contributed by atoms with van der Waals surface area (Å²) in [6, 6.07) is 13.0. The topological polar surface area (TPSA) is 99.3 Å². The van der Waals surface area contributed by atoms with E-state index in [1.165, 1.54) is 0 Å². The molecule has 0 radical (unpaired) electrons. The van der Waals surface area contributed by atoms with Crippen LogP contribution in [-0.4, -0.2) is 11.7 Å². The van der Waals surface area contributed by atoms with Gasteiger partial charge in [0.05, 0.1) is 0 Å². The van der Waals surface area contributed by atoms with Crippen LogP contribution >= 0.6 is 11.6 Å². The zero-order valence-electron chi connectivity index (χ0n) is 12.7. The Balaban J connectivity index is 1.92. The van der Waals surface area contributed by atoms with Crippen molar-refractivity contribution in [2.75, 3.05) is 0 Å². The van der Waals surface area contributed by atoms with E-state index in [1.807, 2.05) is 0 Å². The van der Waals surface area contributed by atoms with Crippen molar-refractivity contribution in [3.63, 3.8) is 0 Å². The molecule has 0 fully saturated rings. The number of nitrogens with two attached hydrogens (primary N) is 2. The van der Waals surface area contributed by atoms with Crippen LogP contribution < -0.4 is 11.5 Å². The number of carbonyl (C=O) groups is 2. The van der Waals surface area contributed by atoms with Crippen molar-refractivity contribution >= 4 is 34.3 Å². The number of carbonyl (C=O) groups excluding carboxylic acids is 2. The third-order valence-electron chi connectivity index (χ3n) is 3.72. The van der Waals surface area contributed by atoms with Crippen molar-refractivity contribution in [1.82, 2.24) is 0 Å². The van der Waals surface area contributed by atoms with E-state index in [2.05, 4.69) is 0 Å². The summed E-state index contributed by atoms with van der Waals surface area (Å²) in [5.41, 5.74) is 12.9. The second-order valence-electron chi connectivity index (χ2n) is 5.52. The minimum atomic E-state index is -0.489. The molecule has 0 saturated carbocycles. The predicted molar refractivity (Wildman–Crippen MR) is 91.8 cm³/mol. The molecule has 0 saturated heterocycles. The van der Waals surface area contributed by atoms with Crippen LogP contribution in [-0.2, 0) is 4.79 Å². The highest BCUT2D eigenvalue weighted by atomic mass is 35.5. The maximum absolute atomic E-state index is 12.5. The Morgan fingerprint density at radius 2 is 1.79 bits per heavy atom. The Labute approximate surface area is 143 Å². The van der Waals surface area contributed by atoms with Crippen LogP contribution in [0.4, 0.5) is 0 Å². The lowest BCUT2D eigenvalue weighted by molar-refractivity contribution is -0.118. The van der Waals surface area contributed by atoms with Gasteiger partial charge < -0.3 is 15.9 Å². The SMILES string of the molecule is NC(=O)CC(N)c1ccc2oc(C(=O)c3ccc(Cl)cc3)cc2c1. The predicted octanol–water partition coefficient (Wildman–Crippen LogP) is 3.19. The van der Waals surface area contributed by atoms with Crippen molar-refractivity contribution in [3.05, 3.63) is 70.4 Å². The molecule has 24 heavy (non-hydrogen) atoms. The molecule has 0 spiro atoms. The molecular formula is C18H15ClN2O3. The van der Waals surface area contributed by atoms with Crippen molar-refractivity contribution < 1.29 is 14.0 Å². The van der Waals surface area contributed by atoms with E-state index < -0.39 is 11.9 Å².